The zero-order valence-corrected chi connectivity index (χ0v) is 39.6. The Bertz CT molecular complexity index is 3130. The minimum Gasteiger partial charge on any atom is -0.340 e. The number of hydrogen-bond donors (Lipinski definition) is 0. The van der Waals surface area contributed by atoms with Gasteiger partial charge in [-0.15, -0.1) is 0 Å². The van der Waals surface area contributed by atoms with Crippen LogP contribution in [0.5, 0.6) is 0 Å². The molecule has 7 heteroatoms. The second-order valence-corrected chi connectivity index (χ2v) is 22.1. The van der Waals surface area contributed by atoms with Gasteiger partial charge in [-0.05, 0) is 104 Å². The van der Waals surface area contributed by atoms with Gasteiger partial charge in [0.15, 0.2) is 0 Å². The summed E-state index contributed by atoms with van der Waals surface area (Å²) in [7, 11) is 0. The van der Waals surface area contributed by atoms with E-state index in [9.17, 15) is 0 Å². The highest BCUT2D eigenvalue weighted by Gasteiger charge is 2.28. The maximum Gasteiger partial charge on any atom is 0.113 e. The highest BCUT2D eigenvalue weighted by atomic mass is 32.1. The molecular weight excluding hydrogens is 783 g/mol. The minimum atomic E-state index is -0.0949. The normalized spacial score (nSPS) is 13.1. The molecule has 6 aromatic carbocycles. The van der Waals surface area contributed by atoms with Gasteiger partial charge in [0.2, 0.25) is 0 Å². The van der Waals surface area contributed by atoms with E-state index in [1.807, 2.05) is 0 Å². The van der Waals surface area contributed by atoms with E-state index in [1.54, 1.807) is 0 Å². The topological polar surface area (TPSA) is 56.5 Å². The van der Waals surface area contributed by atoms with Crippen molar-refractivity contribution in [2.24, 2.45) is 0 Å². The van der Waals surface area contributed by atoms with Gasteiger partial charge in [0.05, 0.1) is 34.5 Å². The van der Waals surface area contributed by atoms with E-state index in [1.165, 1.54) is 78.6 Å². The summed E-state index contributed by atoms with van der Waals surface area (Å²) in [5.41, 5.74) is 20.6. The molecule has 9 rings (SSSR count). The lowest BCUT2D eigenvalue weighted by Crippen LogP contribution is -2.11. The van der Waals surface area contributed by atoms with Crippen molar-refractivity contribution in [2.75, 3.05) is 0 Å². The van der Waals surface area contributed by atoms with E-state index in [4.69, 9.17) is 17.5 Å². The van der Waals surface area contributed by atoms with E-state index >= 15 is 0 Å². The predicted octanol–water partition coefficient (Wildman–Crippen LogP) is 15.7. The molecule has 5 nitrogen and oxygen atoms in total. The molecule has 3 heterocycles. The number of fused-ring (bicyclic) bond motifs is 5. The predicted molar refractivity (Wildman–Crippen MR) is 264 cm³/mol. The van der Waals surface area contributed by atoms with Crippen molar-refractivity contribution in [3.8, 4) is 44.5 Å². The average Bonchev–Trinajstić information content (AvgIpc) is 3.96. The van der Waals surface area contributed by atoms with Crippen molar-refractivity contribution < 1.29 is 0 Å². The molecule has 0 aliphatic heterocycles. The maximum atomic E-state index is 5.05. The lowest BCUT2D eigenvalue weighted by Gasteiger charge is -2.22. The lowest BCUT2D eigenvalue weighted by molar-refractivity contribution is 0.590. The molecular formula is C54H57N5S2. The Morgan fingerprint density at radius 3 is 1.36 bits per heavy atom. The fraction of sp³-hybridized carbons (Fsp3) is 0.333. The molecule has 310 valence electrons. The summed E-state index contributed by atoms with van der Waals surface area (Å²) in [6.45, 7) is 30.6. The fourth-order valence-corrected chi connectivity index (χ4v) is 9.98. The van der Waals surface area contributed by atoms with Crippen LogP contribution < -0.4 is 0 Å². The van der Waals surface area contributed by atoms with Gasteiger partial charge in [0.25, 0.3) is 0 Å². The van der Waals surface area contributed by atoms with Gasteiger partial charge in [-0.1, -0.05) is 144 Å². The molecule has 0 radical (unpaired) electrons. The standard InChI is InChI=1S/C54H57N5S2/c1-14-59-49-41(33-25-40(46-45(26-33)55-60-56-46)32-17-21-35(22-18-32)52(5,6)7)27-36(53(8,9)10)29-43(49)44-30-37(54(11,12)13)28-42(50(44)59)39-24-23-38(47-48(39)58-61-57-47)31-15-19-34(20-16-31)51(2,3)4/h15-30H,14H2,1-13H3. The van der Waals surface area contributed by atoms with Crippen molar-refractivity contribution in [1.29, 1.82) is 0 Å². The molecule has 0 amide bonds. The van der Waals surface area contributed by atoms with Gasteiger partial charge in [-0.2, -0.15) is 17.5 Å². The Balaban J connectivity index is 1.34. The smallest absolute Gasteiger partial charge is 0.113 e. The van der Waals surface area contributed by atoms with Gasteiger partial charge in [-0.3, -0.25) is 0 Å². The first kappa shape index (κ1) is 41.1. The van der Waals surface area contributed by atoms with Crippen molar-refractivity contribution in [3.63, 3.8) is 0 Å². The fourth-order valence-electron chi connectivity index (χ4n) is 8.86. The van der Waals surface area contributed by atoms with Gasteiger partial charge in [-0.25, -0.2) is 0 Å². The zero-order valence-electron chi connectivity index (χ0n) is 38.0. The molecule has 61 heavy (non-hydrogen) atoms. The Kier molecular flexibility index (Phi) is 9.72. The zero-order chi connectivity index (χ0) is 43.4. The van der Waals surface area contributed by atoms with E-state index in [0.717, 1.165) is 62.0 Å². The Morgan fingerprint density at radius 1 is 0.393 bits per heavy atom. The summed E-state index contributed by atoms with van der Waals surface area (Å²) >= 11 is 2.58. The monoisotopic (exact) mass is 839 g/mol. The third-order valence-electron chi connectivity index (χ3n) is 12.6. The maximum absolute atomic E-state index is 5.05. The van der Waals surface area contributed by atoms with E-state index in [-0.39, 0.29) is 21.7 Å². The van der Waals surface area contributed by atoms with Crippen LogP contribution in [0, 0.1) is 0 Å². The summed E-state index contributed by atoms with van der Waals surface area (Å²) in [5.74, 6) is 0. The molecule has 0 unspecified atom stereocenters. The van der Waals surface area contributed by atoms with Crippen LogP contribution in [0.25, 0.3) is 88.4 Å². The van der Waals surface area contributed by atoms with Crippen LogP contribution in [0.2, 0.25) is 0 Å². The Morgan fingerprint density at radius 2 is 0.836 bits per heavy atom. The molecule has 0 spiro atoms. The van der Waals surface area contributed by atoms with Crippen LogP contribution in [-0.2, 0) is 28.2 Å². The van der Waals surface area contributed by atoms with Gasteiger partial charge in [0.1, 0.15) is 22.1 Å². The summed E-state index contributed by atoms with van der Waals surface area (Å²) in [4.78, 5) is 0. The Hall–Kier alpha value is -5.24. The SMILES string of the molecule is CCn1c2c(-c3cc(-c4ccc(C(C)(C)C)cc4)c4nsnc4c3)cc(C(C)(C)C)cc2c2cc(C(C)(C)C)cc(-c3ccc(-c4ccc(C(C)(C)C)cc4)c4nsnc34)c21. The lowest BCUT2D eigenvalue weighted by atomic mass is 9.82. The van der Waals surface area contributed by atoms with Crippen LogP contribution in [0.1, 0.15) is 112 Å². The van der Waals surface area contributed by atoms with Crippen LogP contribution in [0.3, 0.4) is 0 Å². The highest BCUT2D eigenvalue weighted by Crippen LogP contribution is 2.47. The number of aryl methyl sites for hydroxylation is 1. The Labute approximate surface area is 369 Å². The largest absolute Gasteiger partial charge is 0.340 e. The molecule has 0 aliphatic carbocycles. The third-order valence-corrected chi connectivity index (χ3v) is 13.7. The van der Waals surface area contributed by atoms with Crippen LogP contribution in [0.4, 0.5) is 0 Å². The van der Waals surface area contributed by atoms with E-state index in [2.05, 4.69) is 192 Å². The number of benzene rings is 6. The van der Waals surface area contributed by atoms with Gasteiger partial charge in [0, 0.05) is 45.1 Å². The second kappa shape index (κ2) is 14.4. The average molecular weight is 840 g/mol. The van der Waals surface area contributed by atoms with Crippen molar-refractivity contribution in [2.45, 2.75) is 118 Å². The van der Waals surface area contributed by atoms with E-state index < -0.39 is 0 Å². The summed E-state index contributed by atoms with van der Waals surface area (Å²) < 4.78 is 22.3. The van der Waals surface area contributed by atoms with Crippen molar-refractivity contribution in [1.82, 2.24) is 22.1 Å². The molecule has 0 saturated carbocycles. The summed E-state index contributed by atoms with van der Waals surface area (Å²) in [5, 5.41) is 2.53. The van der Waals surface area contributed by atoms with Crippen molar-refractivity contribution in [3.05, 3.63) is 119 Å². The number of nitrogens with zero attached hydrogens (tertiary/aromatic N) is 5. The molecule has 0 atom stereocenters. The van der Waals surface area contributed by atoms with Crippen molar-refractivity contribution >= 4 is 67.3 Å². The molecule has 3 aromatic heterocycles. The van der Waals surface area contributed by atoms with Gasteiger partial charge < -0.3 is 4.57 Å². The summed E-state index contributed by atoms with van der Waals surface area (Å²) in [6.07, 6.45) is 0. The van der Waals surface area contributed by atoms with E-state index in [0.29, 0.717) is 0 Å². The third kappa shape index (κ3) is 7.17. The molecule has 0 bridgehead atoms. The van der Waals surface area contributed by atoms with Gasteiger partial charge >= 0.3 is 0 Å². The van der Waals surface area contributed by atoms with Crippen LogP contribution in [0.15, 0.2) is 97.1 Å². The molecule has 9 aromatic rings. The molecule has 0 aliphatic rings. The first-order valence-electron chi connectivity index (χ1n) is 21.6. The highest BCUT2D eigenvalue weighted by molar-refractivity contribution is 7.00. The number of aromatic nitrogens is 5. The molecule has 0 fully saturated rings. The number of hydrogen-bond acceptors (Lipinski definition) is 6. The molecule has 0 saturated heterocycles. The first-order chi connectivity index (χ1) is 28.7. The molecule has 0 N–H and O–H groups in total. The summed E-state index contributed by atoms with van der Waals surface area (Å²) in [6, 6.07) is 37.0. The van der Waals surface area contributed by atoms with Crippen LogP contribution in [-0.4, -0.2) is 22.1 Å². The number of rotatable bonds is 5. The second-order valence-electron chi connectivity index (χ2n) is 21.0. The minimum absolute atomic E-state index is 0.0678. The van der Waals surface area contributed by atoms with Crippen LogP contribution >= 0.6 is 23.5 Å². The first-order valence-corrected chi connectivity index (χ1v) is 23.1. The quantitative estimate of drug-likeness (QED) is 0.173.